The summed E-state index contributed by atoms with van der Waals surface area (Å²) >= 11 is 5.73. The lowest BCUT2D eigenvalue weighted by atomic mass is 10.2. The van der Waals surface area contributed by atoms with Crippen molar-refractivity contribution >= 4 is 40.8 Å². The molecule has 0 heterocycles. The van der Waals surface area contributed by atoms with Gasteiger partial charge in [0.15, 0.2) is 6.10 Å². The fraction of sp³-hybridized carbons (Fsp3) is 0.167. The third-order valence-corrected chi connectivity index (χ3v) is 3.79. The van der Waals surface area contributed by atoms with E-state index in [1.54, 1.807) is 0 Å². The van der Waals surface area contributed by atoms with Crippen molar-refractivity contribution in [1.82, 2.24) is 5.32 Å². The number of benzene rings is 2. The maximum Gasteiger partial charge on any atom is 0.326 e. The molecule has 0 aliphatic carbocycles. The van der Waals surface area contributed by atoms with Gasteiger partial charge >= 0.3 is 5.97 Å². The van der Waals surface area contributed by atoms with Gasteiger partial charge < -0.3 is 15.4 Å². The highest BCUT2D eigenvalue weighted by molar-refractivity contribution is 6.30. The zero-order valence-electron chi connectivity index (χ0n) is 14.7. The predicted octanol–water partition coefficient (Wildman–Crippen LogP) is 2.55. The van der Waals surface area contributed by atoms with Crippen molar-refractivity contribution in [3.63, 3.8) is 0 Å². The smallest absolute Gasteiger partial charge is 0.326 e. The topological polar surface area (TPSA) is 128 Å². The zero-order chi connectivity index (χ0) is 20.7. The summed E-state index contributed by atoms with van der Waals surface area (Å²) in [5.41, 5.74) is 0.000392. The van der Waals surface area contributed by atoms with Crippen molar-refractivity contribution in [3.05, 3.63) is 69.2 Å². The van der Waals surface area contributed by atoms with Crippen molar-refractivity contribution in [2.75, 3.05) is 11.9 Å². The van der Waals surface area contributed by atoms with Gasteiger partial charge in [-0.2, -0.15) is 0 Å². The lowest BCUT2D eigenvalue weighted by Crippen LogP contribution is -2.35. The third-order valence-electron chi connectivity index (χ3n) is 3.54. The molecule has 0 fully saturated rings. The first-order valence-electron chi connectivity index (χ1n) is 8.05. The summed E-state index contributed by atoms with van der Waals surface area (Å²) in [6.07, 6.45) is -1.22. The number of hydrogen-bond acceptors (Lipinski definition) is 6. The average Bonchev–Trinajstić information content (AvgIpc) is 2.66. The van der Waals surface area contributed by atoms with E-state index >= 15 is 0 Å². The first-order chi connectivity index (χ1) is 13.3. The molecule has 0 saturated carbocycles. The Bertz CT molecular complexity index is 900. The van der Waals surface area contributed by atoms with E-state index in [0.717, 1.165) is 0 Å². The van der Waals surface area contributed by atoms with Gasteiger partial charge in [-0.1, -0.05) is 23.7 Å². The molecule has 0 saturated heterocycles. The van der Waals surface area contributed by atoms with Crippen molar-refractivity contribution < 1.29 is 24.0 Å². The number of amides is 2. The largest absolute Gasteiger partial charge is 0.451 e. The monoisotopic (exact) mass is 405 g/mol. The van der Waals surface area contributed by atoms with E-state index in [9.17, 15) is 24.5 Å². The molecule has 0 spiro atoms. The van der Waals surface area contributed by atoms with E-state index < -0.39 is 35.4 Å². The van der Waals surface area contributed by atoms with Gasteiger partial charge in [-0.3, -0.25) is 24.5 Å². The van der Waals surface area contributed by atoms with Crippen LogP contribution in [0.15, 0.2) is 48.5 Å². The molecule has 0 bridgehead atoms. The molecule has 0 unspecified atom stereocenters. The second-order valence-electron chi connectivity index (χ2n) is 5.59. The van der Waals surface area contributed by atoms with E-state index in [4.69, 9.17) is 16.3 Å². The van der Waals surface area contributed by atoms with Crippen LogP contribution in [0.3, 0.4) is 0 Å². The highest BCUT2D eigenvalue weighted by atomic mass is 35.5. The predicted molar refractivity (Wildman–Crippen MR) is 101 cm³/mol. The molecule has 2 N–H and O–H groups in total. The van der Waals surface area contributed by atoms with E-state index in [2.05, 4.69) is 10.6 Å². The van der Waals surface area contributed by atoms with E-state index in [1.165, 1.54) is 55.5 Å². The van der Waals surface area contributed by atoms with Crippen LogP contribution in [-0.4, -0.2) is 35.4 Å². The SMILES string of the molecule is C[C@@H](OC(=O)CNC(=O)c1ccc(Cl)cc1)C(=O)Nc1ccccc1[N+](=O)[O-]. The first kappa shape index (κ1) is 20.8. The van der Waals surface area contributed by atoms with Crippen LogP contribution in [0.25, 0.3) is 0 Å². The minimum Gasteiger partial charge on any atom is -0.451 e. The van der Waals surface area contributed by atoms with Gasteiger partial charge in [-0.25, -0.2) is 0 Å². The lowest BCUT2D eigenvalue weighted by Gasteiger charge is -2.14. The molecule has 146 valence electrons. The van der Waals surface area contributed by atoms with Crippen LogP contribution in [-0.2, 0) is 14.3 Å². The molecule has 2 rings (SSSR count). The third kappa shape index (κ3) is 5.78. The Morgan fingerprint density at radius 1 is 1.14 bits per heavy atom. The molecule has 2 aromatic carbocycles. The Labute approximate surface area is 164 Å². The number of carbonyl (C=O) groups is 3. The second-order valence-corrected chi connectivity index (χ2v) is 6.02. The minimum atomic E-state index is -1.22. The number of halogens is 1. The summed E-state index contributed by atoms with van der Waals surface area (Å²) < 4.78 is 4.93. The number of nitro benzene ring substituents is 1. The van der Waals surface area contributed by atoms with Crippen LogP contribution in [0.4, 0.5) is 11.4 Å². The van der Waals surface area contributed by atoms with Gasteiger partial charge in [-0.15, -0.1) is 0 Å². The summed E-state index contributed by atoms with van der Waals surface area (Å²) in [6, 6.07) is 11.6. The number of ether oxygens (including phenoxy) is 1. The number of carbonyl (C=O) groups excluding carboxylic acids is 3. The van der Waals surface area contributed by atoms with Crippen LogP contribution in [0.2, 0.25) is 5.02 Å². The molecule has 2 aromatic rings. The molecule has 9 nitrogen and oxygen atoms in total. The van der Waals surface area contributed by atoms with Gasteiger partial charge in [0, 0.05) is 16.7 Å². The molecule has 2 amide bonds. The standard InChI is InChI=1S/C18H16ClN3O6/c1-11(17(24)21-14-4-2-3-5-15(14)22(26)27)28-16(23)10-20-18(25)12-6-8-13(19)9-7-12/h2-9,11H,10H2,1H3,(H,20,25)(H,21,24)/t11-/m1/s1. The van der Waals surface area contributed by atoms with Gasteiger partial charge in [0.1, 0.15) is 12.2 Å². The molecule has 0 aliphatic rings. The van der Waals surface area contributed by atoms with Crippen LogP contribution in [0.1, 0.15) is 17.3 Å². The van der Waals surface area contributed by atoms with Crippen LogP contribution < -0.4 is 10.6 Å². The molecule has 0 aromatic heterocycles. The van der Waals surface area contributed by atoms with Crippen LogP contribution >= 0.6 is 11.6 Å². The highest BCUT2D eigenvalue weighted by Gasteiger charge is 2.21. The number of nitrogens with one attached hydrogen (secondary N) is 2. The highest BCUT2D eigenvalue weighted by Crippen LogP contribution is 2.23. The molecule has 10 heteroatoms. The van der Waals surface area contributed by atoms with Gasteiger partial charge in [0.05, 0.1) is 4.92 Å². The normalized spacial score (nSPS) is 11.2. The van der Waals surface area contributed by atoms with Gasteiger partial charge in [0.25, 0.3) is 17.5 Å². The summed E-state index contributed by atoms with van der Waals surface area (Å²) in [6.45, 7) is 0.855. The van der Waals surface area contributed by atoms with Crippen molar-refractivity contribution in [1.29, 1.82) is 0 Å². The van der Waals surface area contributed by atoms with Crippen LogP contribution in [0.5, 0.6) is 0 Å². The molecular weight excluding hydrogens is 390 g/mol. The van der Waals surface area contributed by atoms with Gasteiger partial charge in [-0.05, 0) is 37.3 Å². The number of nitro groups is 1. The fourth-order valence-electron chi connectivity index (χ4n) is 2.12. The van der Waals surface area contributed by atoms with Crippen molar-refractivity contribution in [2.24, 2.45) is 0 Å². The Kier molecular flexibility index (Phi) is 7.05. The minimum absolute atomic E-state index is 0.0172. The quantitative estimate of drug-likeness (QED) is 0.414. The Balaban J connectivity index is 1.86. The number of anilines is 1. The number of nitrogens with zero attached hydrogens (tertiary/aromatic N) is 1. The molecular formula is C18H16ClN3O6. The Morgan fingerprint density at radius 2 is 1.79 bits per heavy atom. The summed E-state index contributed by atoms with van der Waals surface area (Å²) in [4.78, 5) is 46.2. The first-order valence-corrected chi connectivity index (χ1v) is 8.43. The number of para-hydroxylation sites is 2. The Hall–Kier alpha value is -3.46. The molecule has 1 atom stereocenters. The van der Waals surface area contributed by atoms with E-state index in [-0.39, 0.29) is 11.4 Å². The average molecular weight is 406 g/mol. The number of rotatable bonds is 7. The fourth-order valence-corrected chi connectivity index (χ4v) is 2.25. The van der Waals surface area contributed by atoms with Crippen molar-refractivity contribution in [3.8, 4) is 0 Å². The lowest BCUT2D eigenvalue weighted by molar-refractivity contribution is -0.383. The summed E-state index contributed by atoms with van der Waals surface area (Å²) in [7, 11) is 0. The number of esters is 1. The maximum atomic E-state index is 12.1. The number of hydrogen-bond donors (Lipinski definition) is 2. The maximum absolute atomic E-state index is 12.1. The van der Waals surface area contributed by atoms with Crippen molar-refractivity contribution in [2.45, 2.75) is 13.0 Å². The van der Waals surface area contributed by atoms with Gasteiger partial charge in [0.2, 0.25) is 0 Å². The summed E-state index contributed by atoms with van der Waals surface area (Å²) in [5, 5.41) is 16.1. The van der Waals surface area contributed by atoms with E-state index in [0.29, 0.717) is 10.6 Å². The molecule has 0 radical (unpaired) electrons. The van der Waals surface area contributed by atoms with E-state index in [1.807, 2.05) is 0 Å². The molecule has 0 aliphatic heterocycles. The Morgan fingerprint density at radius 3 is 2.43 bits per heavy atom. The summed E-state index contributed by atoms with van der Waals surface area (Å²) in [5.74, 6) is -2.09. The zero-order valence-corrected chi connectivity index (χ0v) is 15.4. The second kappa shape index (κ2) is 9.47. The van der Waals surface area contributed by atoms with Crippen LogP contribution in [0, 0.1) is 10.1 Å². The molecule has 28 heavy (non-hydrogen) atoms.